The number of benzene rings is 1. The molecule has 1 aromatic carbocycles. The lowest BCUT2D eigenvalue weighted by molar-refractivity contribution is -0.402. The summed E-state index contributed by atoms with van der Waals surface area (Å²) in [6, 6.07) is 5.41. The Balaban J connectivity index is 2.15. The van der Waals surface area contributed by atoms with Gasteiger partial charge in [-0.3, -0.25) is 14.9 Å². The quantitative estimate of drug-likeness (QED) is 0.503. The summed E-state index contributed by atoms with van der Waals surface area (Å²) in [5.74, 6) is -3.06. The molecule has 2 N–H and O–H groups in total. The average molecular weight is 266 g/mol. The molecule has 0 bridgehead atoms. The van der Waals surface area contributed by atoms with Crippen LogP contribution in [0.25, 0.3) is 0 Å². The molecule has 0 spiro atoms. The van der Waals surface area contributed by atoms with Crippen LogP contribution < -0.4 is 5.32 Å². The van der Waals surface area contributed by atoms with Gasteiger partial charge < -0.3 is 14.8 Å². The van der Waals surface area contributed by atoms with Crippen LogP contribution in [0.15, 0.2) is 34.7 Å². The van der Waals surface area contributed by atoms with Gasteiger partial charge in [-0.15, -0.1) is 0 Å². The third kappa shape index (κ3) is 2.68. The topological polar surface area (TPSA) is 106 Å². The summed E-state index contributed by atoms with van der Waals surface area (Å²) in [6.45, 7) is 0. The standard InChI is InChI=1S/C11H7FN2O5/c12-7-5-6(1-2-8(7)15)13-11(16)9-3-4-10(19-9)14(17)18/h1-5,15H,(H,13,16). The Morgan fingerprint density at radius 3 is 2.68 bits per heavy atom. The Hall–Kier alpha value is -2.90. The minimum atomic E-state index is -0.900. The highest BCUT2D eigenvalue weighted by atomic mass is 19.1. The zero-order chi connectivity index (χ0) is 14.0. The number of aromatic hydroxyl groups is 1. The van der Waals surface area contributed by atoms with E-state index in [4.69, 9.17) is 5.11 Å². The molecule has 0 aliphatic carbocycles. The Labute approximate surface area is 105 Å². The molecule has 0 unspecified atom stereocenters. The number of carbonyl (C=O) groups excluding carboxylic acids is 1. The van der Waals surface area contributed by atoms with Gasteiger partial charge in [-0.25, -0.2) is 4.39 Å². The van der Waals surface area contributed by atoms with Crippen molar-refractivity contribution in [3.63, 3.8) is 0 Å². The van der Waals surface area contributed by atoms with Crippen molar-refractivity contribution in [3.05, 3.63) is 52.0 Å². The molecule has 8 heteroatoms. The number of phenols is 1. The number of rotatable bonds is 3. The number of hydrogen-bond donors (Lipinski definition) is 2. The number of halogens is 1. The summed E-state index contributed by atoms with van der Waals surface area (Å²) in [5, 5.41) is 21.6. The van der Waals surface area contributed by atoms with Crippen LogP contribution >= 0.6 is 0 Å². The zero-order valence-electron chi connectivity index (χ0n) is 9.29. The van der Waals surface area contributed by atoms with Gasteiger partial charge in [0.1, 0.15) is 4.92 Å². The third-order valence-corrected chi connectivity index (χ3v) is 2.20. The highest BCUT2D eigenvalue weighted by Crippen LogP contribution is 2.21. The third-order valence-electron chi connectivity index (χ3n) is 2.20. The Kier molecular flexibility index (Phi) is 3.15. The summed E-state index contributed by atoms with van der Waals surface area (Å²) in [5.41, 5.74) is 0.0827. The molecule has 0 aliphatic rings. The lowest BCUT2D eigenvalue weighted by Crippen LogP contribution is -2.10. The van der Waals surface area contributed by atoms with Crippen LogP contribution in [0.5, 0.6) is 5.75 Å². The second-order valence-corrected chi connectivity index (χ2v) is 3.52. The van der Waals surface area contributed by atoms with E-state index in [0.717, 1.165) is 24.3 Å². The molecule has 0 saturated carbocycles. The number of phenolic OH excluding ortho intramolecular Hbond substituents is 1. The highest BCUT2D eigenvalue weighted by molar-refractivity contribution is 6.02. The van der Waals surface area contributed by atoms with Gasteiger partial charge in [0, 0.05) is 11.8 Å². The second-order valence-electron chi connectivity index (χ2n) is 3.52. The molecular weight excluding hydrogens is 259 g/mol. The number of anilines is 1. The van der Waals surface area contributed by atoms with Crippen LogP contribution in [0, 0.1) is 15.9 Å². The summed E-state index contributed by atoms with van der Waals surface area (Å²) in [6.07, 6.45) is 0. The van der Waals surface area contributed by atoms with E-state index in [9.17, 15) is 19.3 Å². The van der Waals surface area contributed by atoms with Crippen molar-refractivity contribution in [1.29, 1.82) is 0 Å². The minimum Gasteiger partial charge on any atom is -0.505 e. The zero-order valence-corrected chi connectivity index (χ0v) is 9.29. The first-order valence-electron chi connectivity index (χ1n) is 5.01. The van der Waals surface area contributed by atoms with E-state index >= 15 is 0 Å². The van der Waals surface area contributed by atoms with Crippen LogP contribution in [0.1, 0.15) is 10.6 Å². The number of carbonyl (C=O) groups is 1. The molecule has 0 atom stereocenters. The Morgan fingerprint density at radius 1 is 1.37 bits per heavy atom. The van der Waals surface area contributed by atoms with Crippen molar-refractivity contribution in [1.82, 2.24) is 0 Å². The van der Waals surface area contributed by atoms with Crippen LogP contribution in [0.4, 0.5) is 16.0 Å². The number of hydrogen-bond acceptors (Lipinski definition) is 5. The maximum absolute atomic E-state index is 13.0. The van der Waals surface area contributed by atoms with E-state index in [1.54, 1.807) is 0 Å². The van der Waals surface area contributed by atoms with E-state index in [1.807, 2.05) is 0 Å². The summed E-state index contributed by atoms with van der Waals surface area (Å²) < 4.78 is 17.7. The normalized spacial score (nSPS) is 10.2. The van der Waals surface area contributed by atoms with Gasteiger partial charge >= 0.3 is 5.88 Å². The minimum absolute atomic E-state index is 0.0827. The molecule has 2 aromatic rings. The number of nitrogens with one attached hydrogen (secondary N) is 1. The molecule has 19 heavy (non-hydrogen) atoms. The van der Waals surface area contributed by atoms with Crippen molar-refractivity contribution in [2.75, 3.05) is 5.32 Å². The molecule has 7 nitrogen and oxygen atoms in total. The van der Waals surface area contributed by atoms with Crippen molar-refractivity contribution in [3.8, 4) is 5.75 Å². The summed E-state index contributed by atoms with van der Waals surface area (Å²) in [7, 11) is 0. The molecule has 1 amide bonds. The van der Waals surface area contributed by atoms with Gasteiger partial charge in [-0.1, -0.05) is 0 Å². The van der Waals surface area contributed by atoms with Gasteiger partial charge in [0.15, 0.2) is 17.3 Å². The Morgan fingerprint density at radius 2 is 2.11 bits per heavy atom. The first-order valence-corrected chi connectivity index (χ1v) is 5.01. The molecule has 0 fully saturated rings. The van der Waals surface area contributed by atoms with Crippen molar-refractivity contribution < 1.29 is 23.6 Å². The number of furan rings is 1. The van der Waals surface area contributed by atoms with Gasteiger partial charge in [0.05, 0.1) is 6.07 Å². The number of nitrogens with zero attached hydrogens (tertiary/aromatic N) is 1. The van der Waals surface area contributed by atoms with Crippen LogP contribution in [-0.4, -0.2) is 15.9 Å². The largest absolute Gasteiger partial charge is 0.505 e. The number of amides is 1. The molecule has 0 saturated heterocycles. The van der Waals surface area contributed by atoms with Crippen molar-refractivity contribution >= 4 is 17.5 Å². The predicted molar refractivity (Wildman–Crippen MR) is 61.4 cm³/mol. The summed E-state index contributed by atoms with van der Waals surface area (Å²) >= 11 is 0. The maximum Gasteiger partial charge on any atom is 0.433 e. The van der Waals surface area contributed by atoms with Gasteiger partial charge in [-0.05, 0) is 18.2 Å². The first kappa shape index (κ1) is 12.6. The molecule has 1 heterocycles. The van der Waals surface area contributed by atoms with Gasteiger partial charge in [-0.2, -0.15) is 0 Å². The lowest BCUT2D eigenvalue weighted by atomic mass is 10.3. The van der Waals surface area contributed by atoms with E-state index in [1.165, 1.54) is 6.07 Å². The van der Waals surface area contributed by atoms with Crippen LogP contribution in [-0.2, 0) is 0 Å². The van der Waals surface area contributed by atoms with Crippen molar-refractivity contribution in [2.45, 2.75) is 0 Å². The molecule has 1 aromatic heterocycles. The smallest absolute Gasteiger partial charge is 0.433 e. The van der Waals surface area contributed by atoms with Gasteiger partial charge in [0.25, 0.3) is 5.91 Å². The monoisotopic (exact) mass is 266 g/mol. The fourth-order valence-electron chi connectivity index (χ4n) is 1.33. The Bertz CT molecular complexity index is 652. The highest BCUT2D eigenvalue weighted by Gasteiger charge is 2.17. The van der Waals surface area contributed by atoms with E-state index in [0.29, 0.717) is 0 Å². The van der Waals surface area contributed by atoms with E-state index in [-0.39, 0.29) is 11.4 Å². The fraction of sp³-hybridized carbons (Fsp3) is 0. The number of nitro groups is 1. The molecular formula is C11H7FN2O5. The SMILES string of the molecule is O=C(Nc1ccc(O)c(F)c1)c1ccc([N+](=O)[O-])o1. The first-order chi connectivity index (χ1) is 8.97. The van der Waals surface area contributed by atoms with Crippen LogP contribution in [0.2, 0.25) is 0 Å². The second kappa shape index (κ2) is 4.77. The fourth-order valence-corrected chi connectivity index (χ4v) is 1.33. The summed E-state index contributed by atoms with van der Waals surface area (Å²) in [4.78, 5) is 21.2. The lowest BCUT2D eigenvalue weighted by Gasteiger charge is -2.03. The van der Waals surface area contributed by atoms with Crippen LogP contribution in [0.3, 0.4) is 0 Å². The average Bonchev–Trinajstić information content (AvgIpc) is 2.83. The predicted octanol–water partition coefficient (Wildman–Crippen LogP) is 2.28. The van der Waals surface area contributed by atoms with E-state index < -0.39 is 28.3 Å². The molecule has 98 valence electrons. The van der Waals surface area contributed by atoms with Crippen molar-refractivity contribution in [2.24, 2.45) is 0 Å². The van der Waals surface area contributed by atoms with Gasteiger partial charge in [0.2, 0.25) is 0 Å². The van der Waals surface area contributed by atoms with E-state index in [2.05, 4.69) is 9.73 Å². The maximum atomic E-state index is 13.0. The molecule has 2 rings (SSSR count). The molecule has 0 radical (unpaired) electrons. The molecule has 0 aliphatic heterocycles.